The number of hydrogen-bond acceptors (Lipinski definition) is 4. The van der Waals surface area contributed by atoms with Gasteiger partial charge in [-0.25, -0.2) is 0 Å². The molecule has 2 aliphatic heterocycles. The van der Waals surface area contributed by atoms with Crippen molar-refractivity contribution in [3.63, 3.8) is 0 Å². The zero-order chi connectivity index (χ0) is 20.5. The Bertz CT molecular complexity index is 638. The SMILES string of the molecule is CCNC(=NCC(C)CN1CCOCC1)NC(C)c1cccc(N2CCCC2)c1. The number of rotatable bonds is 8. The van der Waals surface area contributed by atoms with Gasteiger partial charge in [0.15, 0.2) is 5.96 Å². The summed E-state index contributed by atoms with van der Waals surface area (Å²) in [6.45, 7) is 15.5. The highest BCUT2D eigenvalue weighted by molar-refractivity contribution is 5.80. The van der Waals surface area contributed by atoms with Crippen molar-refractivity contribution in [2.45, 2.75) is 39.7 Å². The number of nitrogens with zero attached hydrogens (tertiary/aromatic N) is 3. The van der Waals surface area contributed by atoms with Gasteiger partial charge in [0.25, 0.3) is 0 Å². The van der Waals surface area contributed by atoms with Crippen LogP contribution in [-0.2, 0) is 4.74 Å². The molecular formula is C23H39N5O. The van der Waals surface area contributed by atoms with Crippen LogP contribution >= 0.6 is 0 Å². The minimum atomic E-state index is 0.213. The smallest absolute Gasteiger partial charge is 0.191 e. The lowest BCUT2D eigenvalue weighted by Gasteiger charge is -2.28. The van der Waals surface area contributed by atoms with E-state index in [4.69, 9.17) is 9.73 Å². The van der Waals surface area contributed by atoms with Crippen LogP contribution in [-0.4, -0.2) is 69.9 Å². The van der Waals surface area contributed by atoms with Gasteiger partial charge in [0.1, 0.15) is 0 Å². The minimum Gasteiger partial charge on any atom is -0.379 e. The molecule has 0 saturated carbocycles. The van der Waals surface area contributed by atoms with Crippen molar-refractivity contribution in [2.24, 2.45) is 10.9 Å². The lowest BCUT2D eigenvalue weighted by molar-refractivity contribution is 0.0323. The minimum absolute atomic E-state index is 0.213. The highest BCUT2D eigenvalue weighted by atomic mass is 16.5. The number of hydrogen-bond donors (Lipinski definition) is 2. The van der Waals surface area contributed by atoms with E-state index < -0.39 is 0 Å². The van der Waals surface area contributed by atoms with E-state index in [1.807, 2.05) is 0 Å². The molecular weight excluding hydrogens is 362 g/mol. The normalized spacial score (nSPS) is 20.5. The van der Waals surface area contributed by atoms with Crippen molar-refractivity contribution in [3.05, 3.63) is 29.8 Å². The van der Waals surface area contributed by atoms with E-state index in [0.717, 1.165) is 51.9 Å². The zero-order valence-electron chi connectivity index (χ0n) is 18.5. The van der Waals surface area contributed by atoms with E-state index in [9.17, 15) is 0 Å². The van der Waals surface area contributed by atoms with Gasteiger partial charge in [-0.15, -0.1) is 0 Å². The van der Waals surface area contributed by atoms with Gasteiger partial charge in [-0.2, -0.15) is 0 Å². The topological polar surface area (TPSA) is 52.1 Å². The number of nitrogens with one attached hydrogen (secondary N) is 2. The monoisotopic (exact) mass is 401 g/mol. The maximum atomic E-state index is 5.45. The predicted molar refractivity (Wildman–Crippen MR) is 122 cm³/mol. The van der Waals surface area contributed by atoms with E-state index in [1.54, 1.807) is 0 Å². The van der Waals surface area contributed by atoms with Crippen molar-refractivity contribution in [2.75, 3.05) is 63.9 Å². The Labute approximate surface area is 176 Å². The van der Waals surface area contributed by atoms with E-state index >= 15 is 0 Å². The molecule has 29 heavy (non-hydrogen) atoms. The molecule has 2 saturated heterocycles. The summed E-state index contributed by atoms with van der Waals surface area (Å²) in [5.41, 5.74) is 2.65. The number of anilines is 1. The molecule has 162 valence electrons. The van der Waals surface area contributed by atoms with Gasteiger partial charge in [0.05, 0.1) is 19.3 Å². The molecule has 0 aromatic heterocycles. The quantitative estimate of drug-likeness (QED) is 0.518. The Morgan fingerprint density at radius 2 is 1.90 bits per heavy atom. The van der Waals surface area contributed by atoms with Crippen molar-refractivity contribution >= 4 is 11.6 Å². The fraction of sp³-hybridized carbons (Fsp3) is 0.696. The lowest BCUT2D eigenvalue weighted by atomic mass is 10.1. The third kappa shape index (κ3) is 6.89. The largest absolute Gasteiger partial charge is 0.379 e. The first-order valence-electron chi connectivity index (χ1n) is 11.4. The molecule has 1 aromatic carbocycles. The lowest BCUT2D eigenvalue weighted by Crippen LogP contribution is -2.41. The highest BCUT2D eigenvalue weighted by Gasteiger charge is 2.16. The second-order valence-corrected chi connectivity index (χ2v) is 8.39. The number of aliphatic imine (C=N–C) groups is 1. The zero-order valence-corrected chi connectivity index (χ0v) is 18.5. The summed E-state index contributed by atoms with van der Waals surface area (Å²) in [5.74, 6) is 1.43. The number of benzene rings is 1. The molecule has 0 bridgehead atoms. The van der Waals surface area contributed by atoms with Gasteiger partial charge in [-0.1, -0.05) is 19.1 Å². The first-order chi connectivity index (χ1) is 14.2. The molecule has 3 rings (SSSR count). The molecule has 6 nitrogen and oxygen atoms in total. The molecule has 1 aromatic rings. The fourth-order valence-corrected chi connectivity index (χ4v) is 4.10. The molecule has 0 aliphatic carbocycles. The van der Waals surface area contributed by atoms with Gasteiger partial charge in [-0.3, -0.25) is 9.89 Å². The summed E-state index contributed by atoms with van der Waals surface area (Å²) >= 11 is 0. The molecule has 2 fully saturated rings. The van der Waals surface area contributed by atoms with Crippen molar-refractivity contribution in [3.8, 4) is 0 Å². The first kappa shape index (κ1) is 21.9. The third-order valence-electron chi connectivity index (χ3n) is 5.77. The molecule has 6 heteroatoms. The summed E-state index contributed by atoms with van der Waals surface area (Å²) < 4.78 is 5.45. The van der Waals surface area contributed by atoms with Crippen molar-refractivity contribution in [1.29, 1.82) is 0 Å². The molecule has 0 radical (unpaired) electrons. The Kier molecular flexibility index (Phi) is 8.62. The molecule has 2 N–H and O–H groups in total. The molecule has 2 atom stereocenters. The summed E-state index contributed by atoms with van der Waals surface area (Å²) in [7, 11) is 0. The maximum absolute atomic E-state index is 5.45. The van der Waals surface area contributed by atoms with E-state index in [1.165, 1.54) is 37.2 Å². The maximum Gasteiger partial charge on any atom is 0.191 e. The van der Waals surface area contributed by atoms with E-state index in [0.29, 0.717) is 5.92 Å². The highest BCUT2D eigenvalue weighted by Crippen LogP contribution is 2.23. The first-order valence-corrected chi connectivity index (χ1v) is 11.4. The number of ether oxygens (including phenoxy) is 1. The van der Waals surface area contributed by atoms with Gasteiger partial charge in [0.2, 0.25) is 0 Å². The van der Waals surface area contributed by atoms with Crippen LogP contribution in [0.25, 0.3) is 0 Å². The van der Waals surface area contributed by atoms with Gasteiger partial charge < -0.3 is 20.3 Å². The number of guanidine groups is 1. The molecule has 0 spiro atoms. The summed E-state index contributed by atoms with van der Waals surface area (Å²) in [5, 5.41) is 7.00. The Morgan fingerprint density at radius 3 is 2.62 bits per heavy atom. The van der Waals surface area contributed by atoms with Crippen molar-refractivity contribution < 1.29 is 4.74 Å². The van der Waals surface area contributed by atoms with Crippen LogP contribution in [0.4, 0.5) is 5.69 Å². The van der Waals surface area contributed by atoms with Crippen LogP contribution in [0, 0.1) is 5.92 Å². The average Bonchev–Trinajstić information content (AvgIpc) is 3.28. The van der Waals surface area contributed by atoms with Crippen molar-refractivity contribution in [1.82, 2.24) is 15.5 Å². The number of morpholine rings is 1. The van der Waals surface area contributed by atoms with E-state index in [2.05, 4.69) is 65.5 Å². The standard InChI is InChI=1S/C23H39N5O/c1-4-24-23(25-17-19(2)18-27-12-14-29-15-13-27)26-20(3)21-8-7-9-22(16-21)28-10-5-6-11-28/h7-9,16,19-20H,4-6,10-15,17-18H2,1-3H3,(H2,24,25,26). The summed E-state index contributed by atoms with van der Waals surface area (Å²) in [4.78, 5) is 9.84. The van der Waals surface area contributed by atoms with Crippen LogP contribution in [0.1, 0.15) is 45.2 Å². The Balaban J connectivity index is 1.55. The van der Waals surface area contributed by atoms with Crippen LogP contribution in [0.3, 0.4) is 0 Å². The van der Waals surface area contributed by atoms with Gasteiger partial charge >= 0.3 is 0 Å². The molecule has 0 amide bonds. The Hall–Kier alpha value is -1.79. The molecule has 2 aliphatic rings. The fourth-order valence-electron chi connectivity index (χ4n) is 4.10. The summed E-state index contributed by atoms with van der Waals surface area (Å²) in [6.07, 6.45) is 2.61. The van der Waals surface area contributed by atoms with Gasteiger partial charge in [0, 0.05) is 51.5 Å². The van der Waals surface area contributed by atoms with Crippen LogP contribution in [0.2, 0.25) is 0 Å². The predicted octanol–water partition coefficient (Wildman–Crippen LogP) is 2.87. The Morgan fingerprint density at radius 1 is 1.14 bits per heavy atom. The van der Waals surface area contributed by atoms with Gasteiger partial charge in [-0.05, 0) is 50.3 Å². The second kappa shape index (κ2) is 11.4. The van der Waals surface area contributed by atoms with Crippen LogP contribution in [0.15, 0.2) is 29.3 Å². The average molecular weight is 402 g/mol. The van der Waals surface area contributed by atoms with E-state index in [-0.39, 0.29) is 6.04 Å². The molecule has 2 unspecified atom stereocenters. The van der Waals surface area contributed by atoms with Crippen LogP contribution < -0.4 is 15.5 Å². The molecule has 2 heterocycles. The third-order valence-corrected chi connectivity index (χ3v) is 5.77. The summed E-state index contributed by atoms with van der Waals surface area (Å²) in [6, 6.07) is 9.16. The van der Waals surface area contributed by atoms with Crippen LogP contribution in [0.5, 0.6) is 0 Å². The second-order valence-electron chi connectivity index (χ2n) is 8.39.